The van der Waals surface area contributed by atoms with E-state index in [1.165, 1.54) is 11.0 Å². The summed E-state index contributed by atoms with van der Waals surface area (Å²) in [7, 11) is 0. The molecular formula is C30H25F2N3O3. The average Bonchev–Trinajstić information content (AvgIpc) is 3.24. The lowest BCUT2D eigenvalue weighted by molar-refractivity contribution is -0.118. The van der Waals surface area contributed by atoms with Crippen molar-refractivity contribution in [1.29, 1.82) is 0 Å². The van der Waals surface area contributed by atoms with Crippen molar-refractivity contribution in [2.24, 2.45) is 0 Å². The van der Waals surface area contributed by atoms with Gasteiger partial charge in [0, 0.05) is 22.7 Å². The molecule has 0 saturated carbocycles. The molecule has 5 rings (SSSR count). The molecule has 3 aromatic carbocycles. The fourth-order valence-electron chi connectivity index (χ4n) is 4.20. The highest BCUT2D eigenvalue weighted by molar-refractivity contribution is 5.94. The quantitative estimate of drug-likeness (QED) is 0.238. The lowest BCUT2D eigenvalue weighted by atomic mass is 10.1. The van der Waals surface area contributed by atoms with Gasteiger partial charge in [0.1, 0.15) is 29.8 Å². The molecule has 0 aliphatic heterocycles. The molecule has 2 aromatic heterocycles. The highest BCUT2D eigenvalue weighted by atomic mass is 19.1. The highest BCUT2D eigenvalue weighted by Crippen LogP contribution is 2.26. The fraction of sp³-hybridized carbons (Fsp3) is 0.167. The number of hydrogen-bond donors (Lipinski definition) is 0. The zero-order valence-corrected chi connectivity index (χ0v) is 20.9. The number of fused-ring (bicyclic) bond motifs is 1. The zero-order valence-electron chi connectivity index (χ0n) is 20.9. The van der Waals surface area contributed by atoms with Gasteiger partial charge in [-0.3, -0.25) is 4.79 Å². The van der Waals surface area contributed by atoms with Crippen molar-refractivity contribution in [3.8, 4) is 5.75 Å². The number of para-hydroxylation sites is 1. The molecule has 6 nitrogen and oxygen atoms in total. The Hall–Kier alpha value is -4.59. The number of halogens is 2. The number of amides is 1. The van der Waals surface area contributed by atoms with Crippen molar-refractivity contribution >= 4 is 22.5 Å². The van der Waals surface area contributed by atoms with Crippen molar-refractivity contribution in [3.05, 3.63) is 119 Å². The second kappa shape index (κ2) is 10.8. The van der Waals surface area contributed by atoms with Crippen molar-refractivity contribution in [2.75, 3.05) is 4.90 Å². The largest absolute Gasteiger partial charge is 0.487 e. The summed E-state index contributed by atoms with van der Waals surface area (Å²) in [4.78, 5) is 19.5. The van der Waals surface area contributed by atoms with Gasteiger partial charge in [0.15, 0.2) is 0 Å². The number of ether oxygens (including phenoxy) is 1. The van der Waals surface area contributed by atoms with Crippen LogP contribution in [-0.2, 0) is 24.4 Å². The molecule has 0 bridgehead atoms. The molecule has 192 valence electrons. The van der Waals surface area contributed by atoms with Gasteiger partial charge >= 0.3 is 0 Å². The number of carbonyl (C=O) groups excluding carboxylic acids is 1. The minimum Gasteiger partial charge on any atom is -0.487 e. The van der Waals surface area contributed by atoms with E-state index in [0.29, 0.717) is 22.9 Å². The van der Waals surface area contributed by atoms with Crippen molar-refractivity contribution in [1.82, 2.24) is 10.1 Å². The number of aromatic nitrogens is 2. The molecule has 0 saturated heterocycles. The minimum absolute atomic E-state index is 0.114. The summed E-state index contributed by atoms with van der Waals surface area (Å²) < 4.78 is 38.8. The van der Waals surface area contributed by atoms with Crippen LogP contribution < -0.4 is 9.64 Å². The van der Waals surface area contributed by atoms with E-state index in [-0.39, 0.29) is 31.0 Å². The summed E-state index contributed by atoms with van der Waals surface area (Å²) in [6, 6.07) is 22.1. The van der Waals surface area contributed by atoms with Gasteiger partial charge in [0.25, 0.3) is 0 Å². The number of pyridine rings is 1. The van der Waals surface area contributed by atoms with Crippen molar-refractivity contribution in [3.63, 3.8) is 0 Å². The van der Waals surface area contributed by atoms with Gasteiger partial charge < -0.3 is 14.2 Å². The van der Waals surface area contributed by atoms with Gasteiger partial charge in [-0.25, -0.2) is 13.8 Å². The first kappa shape index (κ1) is 25.1. The zero-order chi connectivity index (χ0) is 26.6. The predicted octanol–water partition coefficient (Wildman–Crippen LogP) is 6.47. The van der Waals surface area contributed by atoms with Gasteiger partial charge in [-0.1, -0.05) is 35.5 Å². The third kappa shape index (κ3) is 5.54. The summed E-state index contributed by atoms with van der Waals surface area (Å²) in [6.07, 6.45) is -0.235. The Bertz CT molecular complexity index is 1580. The number of rotatable bonds is 8. The SMILES string of the molecule is Cc1noc(C)c1CN(C(=O)Cc1ccc(F)cc1F)c1ccc(OCc2ccc3ccccc3n2)cc1. The predicted molar refractivity (Wildman–Crippen MR) is 140 cm³/mol. The lowest BCUT2D eigenvalue weighted by Crippen LogP contribution is -2.32. The van der Waals surface area contributed by atoms with Crippen LogP contribution in [0.25, 0.3) is 10.9 Å². The molecule has 0 radical (unpaired) electrons. The van der Waals surface area contributed by atoms with E-state index >= 15 is 0 Å². The molecule has 0 atom stereocenters. The first-order valence-corrected chi connectivity index (χ1v) is 12.1. The fourth-order valence-corrected chi connectivity index (χ4v) is 4.20. The number of nitrogens with zero attached hydrogens (tertiary/aromatic N) is 3. The Morgan fingerprint density at radius 2 is 1.76 bits per heavy atom. The van der Waals surface area contributed by atoms with Gasteiger partial charge in [0.2, 0.25) is 5.91 Å². The molecule has 0 aliphatic rings. The molecule has 0 spiro atoms. The molecule has 2 heterocycles. The number of aryl methyl sites for hydroxylation is 2. The van der Waals surface area contributed by atoms with Crippen molar-refractivity contribution < 1.29 is 22.8 Å². The van der Waals surface area contributed by atoms with Crippen LogP contribution in [0.4, 0.5) is 14.5 Å². The van der Waals surface area contributed by atoms with Crippen LogP contribution >= 0.6 is 0 Å². The standard InChI is InChI=1S/C30H25F2N3O3/c1-19-27(20(2)38-34-19)17-35(30(36)15-22-7-9-23(31)16-28(22)32)25-11-13-26(14-12-25)37-18-24-10-8-21-5-3-4-6-29(21)33-24/h3-14,16H,15,17-18H2,1-2H3. The first-order chi connectivity index (χ1) is 18.4. The Balaban J connectivity index is 1.35. The third-order valence-electron chi connectivity index (χ3n) is 6.35. The van der Waals surface area contributed by atoms with E-state index < -0.39 is 11.6 Å². The van der Waals surface area contributed by atoms with Gasteiger partial charge in [-0.05, 0) is 61.9 Å². The molecule has 38 heavy (non-hydrogen) atoms. The summed E-state index contributed by atoms with van der Waals surface area (Å²) in [6.45, 7) is 4.04. The number of carbonyl (C=O) groups is 1. The molecule has 0 unspecified atom stereocenters. The van der Waals surface area contributed by atoms with Crippen LogP contribution in [0.5, 0.6) is 5.75 Å². The maximum atomic E-state index is 14.3. The molecule has 0 fully saturated rings. The maximum Gasteiger partial charge on any atom is 0.231 e. The van der Waals surface area contributed by atoms with E-state index in [0.717, 1.165) is 34.3 Å². The van der Waals surface area contributed by atoms with E-state index in [2.05, 4.69) is 10.1 Å². The number of anilines is 1. The monoisotopic (exact) mass is 513 g/mol. The normalized spacial score (nSPS) is 11.1. The number of hydrogen-bond acceptors (Lipinski definition) is 5. The Morgan fingerprint density at radius 1 is 0.974 bits per heavy atom. The van der Waals surface area contributed by atoms with Gasteiger partial charge in [-0.15, -0.1) is 0 Å². The summed E-state index contributed by atoms with van der Waals surface area (Å²) >= 11 is 0. The van der Waals surface area contributed by atoms with Crippen LogP contribution in [0.3, 0.4) is 0 Å². The van der Waals surface area contributed by atoms with Crippen LogP contribution in [0, 0.1) is 25.5 Å². The second-order valence-electron chi connectivity index (χ2n) is 8.97. The van der Waals surface area contributed by atoms with Crippen LogP contribution in [0.2, 0.25) is 0 Å². The smallest absolute Gasteiger partial charge is 0.231 e. The van der Waals surface area contributed by atoms with E-state index in [9.17, 15) is 13.6 Å². The highest BCUT2D eigenvalue weighted by Gasteiger charge is 2.22. The van der Waals surface area contributed by atoms with E-state index in [4.69, 9.17) is 9.26 Å². The first-order valence-electron chi connectivity index (χ1n) is 12.1. The second-order valence-corrected chi connectivity index (χ2v) is 8.97. The van der Waals surface area contributed by atoms with Crippen molar-refractivity contribution in [2.45, 2.75) is 33.4 Å². The minimum atomic E-state index is -0.762. The van der Waals surface area contributed by atoms with Crippen LogP contribution in [0.15, 0.2) is 83.4 Å². The van der Waals surface area contributed by atoms with E-state index in [1.54, 1.807) is 38.1 Å². The van der Waals surface area contributed by atoms with Gasteiger partial charge in [-0.2, -0.15) is 0 Å². The van der Waals surface area contributed by atoms with Crippen LogP contribution in [0.1, 0.15) is 28.3 Å². The number of benzene rings is 3. The third-order valence-corrected chi connectivity index (χ3v) is 6.35. The Morgan fingerprint density at radius 3 is 2.50 bits per heavy atom. The molecule has 8 heteroatoms. The average molecular weight is 514 g/mol. The lowest BCUT2D eigenvalue weighted by Gasteiger charge is -2.23. The van der Waals surface area contributed by atoms with E-state index in [1.807, 2.05) is 36.4 Å². The summed E-state index contributed by atoms with van der Waals surface area (Å²) in [5, 5.41) is 5.04. The molecule has 0 aliphatic carbocycles. The molecule has 1 amide bonds. The van der Waals surface area contributed by atoms with Gasteiger partial charge in [0.05, 0.1) is 29.9 Å². The van der Waals surface area contributed by atoms with Crippen LogP contribution in [-0.4, -0.2) is 16.0 Å². The molecule has 5 aromatic rings. The molecule has 0 N–H and O–H groups in total. The summed E-state index contributed by atoms with van der Waals surface area (Å²) in [5.41, 5.74) is 3.83. The Labute approximate surface area is 218 Å². The summed E-state index contributed by atoms with van der Waals surface area (Å²) in [5.74, 6) is -0.610. The maximum absolute atomic E-state index is 14.3. The topological polar surface area (TPSA) is 68.5 Å². The Kier molecular flexibility index (Phi) is 7.13. The molecular weight excluding hydrogens is 488 g/mol.